The van der Waals surface area contributed by atoms with Crippen LogP contribution in [0.15, 0.2) is 46.9 Å². The molecule has 0 atom stereocenters. The van der Waals surface area contributed by atoms with Gasteiger partial charge in [-0.05, 0) is 49.7 Å². The van der Waals surface area contributed by atoms with E-state index in [2.05, 4.69) is 21.4 Å². The Hall–Kier alpha value is -3.96. The number of nitriles is 1. The normalized spacial score (nSPS) is 10.8. The molecule has 2 heterocycles. The van der Waals surface area contributed by atoms with Crippen molar-refractivity contribution in [2.45, 2.75) is 20.3 Å². The molecule has 0 aliphatic carbocycles. The first-order valence-electron chi connectivity index (χ1n) is 10.2. The molecule has 0 saturated carbocycles. The average Bonchev–Trinajstić information content (AvgIpc) is 3.40. The third kappa shape index (κ3) is 4.36. The van der Waals surface area contributed by atoms with Gasteiger partial charge in [0, 0.05) is 37.3 Å². The number of benzene rings is 2. The van der Waals surface area contributed by atoms with Gasteiger partial charge in [0.05, 0.1) is 22.0 Å². The van der Waals surface area contributed by atoms with Crippen molar-refractivity contribution < 1.29 is 9.21 Å². The van der Waals surface area contributed by atoms with Gasteiger partial charge >= 0.3 is 11.8 Å². The molecule has 8 nitrogen and oxygen atoms in total. The number of halogens is 1. The van der Waals surface area contributed by atoms with Crippen molar-refractivity contribution in [1.82, 2.24) is 24.9 Å². The number of rotatable bonds is 5. The van der Waals surface area contributed by atoms with Gasteiger partial charge in [0.1, 0.15) is 6.07 Å². The minimum absolute atomic E-state index is 0.0411. The molecule has 4 aromatic rings. The van der Waals surface area contributed by atoms with Crippen molar-refractivity contribution >= 4 is 17.5 Å². The van der Waals surface area contributed by atoms with Crippen molar-refractivity contribution in [1.29, 1.82) is 5.26 Å². The highest BCUT2D eigenvalue weighted by atomic mass is 35.5. The zero-order chi connectivity index (χ0) is 23.7. The first-order valence-corrected chi connectivity index (χ1v) is 10.6. The number of hydrogen-bond donors (Lipinski definition) is 0. The minimum atomic E-state index is -0.336. The van der Waals surface area contributed by atoms with Crippen LogP contribution in [0.2, 0.25) is 5.02 Å². The maximum atomic E-state index is 12.0. The van der Waals surface area contributed by atoms with Gasteiger partial charge in [-0.2, -0.15) is 10.4 Å². The van der Waals surface area contributed by atoms with Crippen molar-refractivity contribution in [3.05, 3.63) is 81.5 Å². The van der Waals surface area contributed by atoms with Crippen LogP contribution in [0.5, 0.6) is 0 Å². The van der Waals surface area contributed by atoms with Crippen molar-refractivity contribution in [2.75, 3.05) is 14.1 Å². The summed E-state index contributed by atoms with van der Waals surface area (Å²) >= 11 is 6.21. The van der Waals surface area contributed by atoms with Gasteiger partial charge in [-0.15, -0.1) is 10.2 Å². The highest BCUT2D eigenvalue weighted by Crippen LogP contribution is 2.25. The number of carbonyl (C=O) groups is 1. The average molecular weight is 461 g/mol. The SMILES string of the molecule is Cc1nn(-c2ccc(C#N)c(Cl)c2)c(C)c1Cc1ccc(-c2nnc(C(=O)N(C)C)o2)cc1. The summed E-state index contributed by atoms with van der Waals surface area (Å²) in [4.78, 5) is 13.4. The summed E-state index contributed by atoms with van der Waals surface area (Å²) in [6.07, 6.45) is 0.691. The lowest BCUT2D eigenvalue weighted by Gasteiger charge is -2.07. The van der Waals surface area contributed by atoms with Gasteiger partial charge in [0.25, 0.3) is 0 Å². The molecule has 1 amide bonds. The van der Waals surface area contributed by atoms with Crippen LogP contribution in [0, 0.1) is 25.2 Å². The van der Waals surface area contributed by atoms with Crippen LogP contribution >= 0.6 is 11.6 Å². The lowest BCUT2D eigenvalue weighted by molar-refractivity contribution is 0.0789. The Kier molecular flexibility index (Phi) is 5.99. The highest BCUT2D eigenvalue weighted by Gasteiger charge is 2.18. The van der Waals surface area contributed by atoms with E-state index in [1.54, 1.807) is 26.2 Å². The summed E-state index contributed by atoms with van der Waals surface area (Å²) in [5.74, 6) is -0.0813. The van der Waals surface area contributed by atoms with Gasteiger partial charge in [-0.25, -0.2) is 4.68 Å². The summed E-state index contributed by atoms with van der Waals surface area (Å²) in [6, 6.07) is 15.1. The Bertz CT molecular complexity index is 1380. The smallest absolute Gasteiger partial charge is 0.310 e. The third-order valence-corrected chi connectivity index (χ3v) is 5.67. The Morgan fingerprint density at radius 2 is 1.88 bits per heavy atom. The topological polar surface area (TPSA) is 101 Å². The highest BCUT2D eigenvalue weighted by molar-refractivity contribution is 6.31. The fraction of sp³-hybridized carbons (Fsp3) is 0.208. The Labute approximate surface area is 196 Å². The number of carbonyl (C=O) groups excluding carboxylic acids is 1. The molecule has 0 saturated heterocycles. The van der Waals surface area contributed by atoms with E-state index < -0.39 is 0 Å². The Balaban J connectivity index is 1.56. The Morgan fingerprint density at radius 1 is 1.15 bits per heavy atom. The zero-order valence-electron chi connectivity index (χ0n) is 18.6. The maximum Gasteiger partial charge on any atom is 0.310 e. The number of hydrogen-bond acceptors (Lipinski definition) is 6. The van der Waals surface area contributed by atoms with Crippen LogP contribution in [-0.2, 0) is 6.42 Å². The molecule has 9 heteroatoms. The summed E-state index contributed by atoms with van der Waals surface area (Å²) in [5.41, 5.74) is 6.09. The third-order valence-electron chi connectivity index (χ3n) is 5.35. The summed E-state index contributed by atoms with van der Waals surface area (Å²) in [7, 11) is 3.26. The monoisotopic (exact) mass is 460 g/mol. The second kappa shape index (κ2) is 8.88. The minimum Gasteiger partial charge on any atom is -0.412 e. The zero-order valence-corrected chi connectivity index (χ0v) is 19.4. The number of aryl methyl sites for hydroxylation is 1. The molecule has 0 spiro atoms. The summed E-state index contributed by atoms with van der Waals surface area (Å²) in [5, 5.41) is 22.0. The molecule has 0 fully saturated rings. The lowest BCUT2D eigenvalue weighted by atomic mass is 10.0. The van der Waals surface area contributed by atoms with Gasteiger partial charge < -0.3 is 9.32 Å². The maximum absolute atomic E-state index is 12.0. The molecule has 0 radical (unpaired) electrons. The van der Waals surface area contributed by atoms with Crippen LogP contribution in [-0.4, -0.2) is 44.9 Å². The molecular formula is C24H21ClN6O2. The van der Waals surface area contributed by atoms with Crippen LogP contribution in [0.3, 0.4) is 0 Å². The molecule has 33 heavy (non-hydrogen) atoms. The van der Waals surface area contributed by atoms with Crippen LogP contribution < -0.4 is 0 Å². The number of aromatic nitrogens is 4. The van der Waals surface area contributed by atoms with Crippen LogP contribution in [0.25, 0.3) is 17.1 Å². The molecular weight excluding hydrogens is 440 g/mol. The van der Waals surface area contributed by atoms with E-state index in [1.807, 2.05) is 48.9 Å². The van der Waals surface area contributed by atoms with Gasteiger partial charge in [-0.3, -0.25) is 4.79 Å². The summed E-state index contributed by atoms with van der Waals surface area (Å²) in [6.45, 7) is 3.98. The van der Waals surface area contributed by atoms with Crippen LogP contribution in [0.1, 0.15) is 38.8 Å². The number of amides is 1. The van der Waals surface area contributed by atoms with Gasteiger partial charge in [-0.1, -0.05) is 23.7 Å². The fourth-order valence-electron chi connectivity index (χ4n) is 3.50. The molecule has 166 valence electrons. The van der Waals surface area contributed by atoms with Crippen molar-refractivity contribution in [3.8, 4) is 23.2 Å². The van der Waals surface area contributed by atoms with E-state index in [9.17, 15) is 4.79 Å². The molecule has 0 N–H and O–H groups in total. The molecule has 0 aliphatic rings. The van der Waals surface area contributed by atoms with E-state index in [1.165, 1.54) is 4.90 Å². The standard InChI is InChI=1S/C24H21ClN6O2/c1-14-20(15(2)31(29-14)19-10-9-18(13-26)21(25)12-19)11-16-5-7-17(8-6-16)22-27-28-23(33-22)24(32)30(3)4/h5-10,12H,11H2,1-4H3. The molecule has 2 aromatic heterocycles. The summed E-state index contributed by atoms with van der Waals surface area (Å²) < 4.78 is 7.35. The van der Waals surface area contributed by atoms with E-state index in [-0.39, 0.29) is 11.8 Å². The first kappa shape index (κ1) is 22.2. The van der Waals surface area contributed by atoms with Gasteiger partial charge in [0.2, 0.25) is 5.89 Å². The van der Waals surface area contributed by atoms with E-state index >= 15 is 0 Å². The predicted molar refractivity (Wildman–Crippen MR) is 123 cm³/mol. The molecule has 0 aliphatic heterocycles. The van der Waals surface area contributed by atoms with E-state index in [0.29, 0.717) is 22.9 Å². The van der Waals surface area contributed by atoms with E-state index in [0.717, 1.165) is 33.8 Å². The lowest BCUT2D eigenvalue weighted by Crippen LogP contribution is -2.21. The van der Waals surface area contributed by atoms with E-state index in [4.69, 9.17) is 21.3 Å². The quantitative estimate of drug-likeness (QED) is 0.438. The molecule has 0 bridgehead atoms. The fourth-order valence-corrected chi connectivity index (χ4v) is 3.71. The second-order valence-electron chi connectivity index (χ2n) is 7.82. The number of nitrogens with zero attached hydrogens (tertiary/aromatic N) is 6. The largest absolute Gasteiger partial charge is 0.412 e. The first-order chi connectivity index (χ1) is 15.8. The Morgan fingerprint density at radius 3 is 2.52 bits per heavy atom. The predicted octanol–water partition coefficient (Wildman–Crippen LogP) is 4.36. The molecule has 4 rings (SSSR count). The van der Waals surface area contributed by atoms with Crippen molar-refractivity contribution in [2.24, 2.45) is 0 Å². The second-order valence-corrected chi connectivity index (χ2v) is 8.23. The molecule has 2 aromatic carbocycles. The molecule has 0 unspecified atom stereocenters. The van der Waals surface area contributed by atoms with Crippen molar-refractivity contribution in [3.63, 3.8) is 0 Å². The van der Waals surface area contributed by atoms with Gasteiger partial charge in [0.15, 0.2) is 0 Å². The van der Waals surface area contributed by atoms with Crippen LogP contribution in [0.4, 0.5) is 0 Å².